The molecule has 0 unspecified atom stereocenters. The van der Waals surface area contributed by atoms with Crippen LogP contribution in [-0.2, 0) is 6.54 Å². The average molecular weight is 368 g/mol. The van der Waals surface area contributed by atoms with Crippen molar-refractivity contribution in [1.82, 2.24) is 25.4 Å². The quantitative estimate of drug-likeness (QED) is 0.608. The summed E-state index contributed by atoms with van der Waals surface area (Å²) in [5.74, 6) is 1.05. The van der Waals surface area contributed by atoms with Crippen LogP contribution in [0.3, 0.4) is 0 Å². The second kappa shape index (κ2) is 8.68. The SMILES string of the molecule is CCNC(=NCc1ccc(-n2nc(C)cc2C)nc1)NCCC(F)(F)F. The Morgan fingerprint density at radius 3 is 2.54 bits per heavy atom. The first kappa shape index (κ1) is 19.7. The van der Waals surface area contributed by atoms with E-state index in [1.807, 2.05) is 39.0 Å². The van der Waals surface area contributed by atoms with Gasteiger partial charge in [-0.1, -0.05) is 6.07 Å². The third-order valence-corrected chi connectivity index (χ3v) is 3.50. The summed E-state index contributed by atoms with van der Waals surface area (Å²) in [4.78, 5) is 8.68. The molecule has 0 aliphatic rings. The Labute approximate surface area is 150 Å². The maximum absolute atomic E-state index is 12.2. The zero-order valence-corrected chi connectivity index (χ0v) is 15.1. The summed E-state index contributed by atoms with van der Waals surface area (Å²) in [5.41, 5.74) is 2.76. The highest BCUT2D eigenvalue weighted by Gasteiger charge is 2.26. The molecule has 2 rings (SSSR count). The van der Waals surface area contributed by atoms with Crippen molar-refractivity contribution in [3.8, 4) is 5.82 Å². The summed E-state index contributed by atoms with van der Waals surface area (Å²) in [6.07, 6.45) is -3.40. The van der Waals surface area contributed by atoms with Crippen LogP contribution in [0.1, 0.15) is 30.3 Å². The second-order valence-electron chi connectivity index (χ2n) is 5.85. The summed E-state index contributed by atoms with van der Waals surface area (Å²) in [6.45, 7) is 6.38. The molecule has 0 fully saturated rings. The van der Waals surface area contributed by atoms with Gasteiger partial charge in [0.1, 0.15) is 0 Å². The van der Waals surface area contributed by atoms with E-state index in [0.29, 0.717) is 24.9 Å². The molecule has 0 aliphatic heterocycles. The first-order chi connectivity index (χ1) is 12.3. The molecule has 0 bridgehead atoms. The summed E-state index contributed by atoms with van der Waals surface area (Å²) >= 11 is 0. The lowest BCUT2D eigenvalue weighted by Crippen LogP contribution is -2.38. The van der Waals surface area contributed by atoms with Gasteiger partial charge in [0.05, 0.1) is 18.7 Å². The molecule has 0 spiro atoms. The normalized spacial score (nSPS) is 12.3. The fourth-order valence-corrected chi connectivity index (χ4v) is 2.33. The van der Waals surface area contributed by atoms with E-state index in [9.17, 15) is 13.2 Å². The van der Waals surface area contributed by atoms with Crippen molar-refractivity contribution in [2.45, 2.75) is 39.9 Å². The molecule has 0 atom stereocenters. The van der Waals surface area contributed by atoms with Crippen molar-refractivity contribution >= 4 is 5.96 Å². The van der Waals surface area contributed by atoms with E-state index in [1.54, 1.807) is 10.9 Å². The molecule has 2 aromatic rings. The van der Waals surface area contributed by atoms with E-state index in [1.165, 1.54) is 0 Å². The summed E-state index contributed by atoms with van der Waals surface area (Å²) in [7, 11) is 0. The van der Waals surface area contributed by atoms with Gasteiger partial charge in [-0.15, -0.1) is 0 Å². The van der Waals surface area contributed by atoms with Crippen molar-refractivity contribution in [2.75, 3.05) is 13.1 Å². The zero-order chi connectivity index (χ0) is 19.2. The number of aryl methyl sites for hydroxylation is 2. The van der Waals surface area contributed by atoms with Gasteiger partial charge in [-0.2, -0.15) is 18.3 Å². The van der Waals surface area contributed by atoms with Gasteiger partial charge in [-0.3, -0.25) is 0 Å². The Morgan fingerprint density at radius 2 is 2.00 bits per heavy atom. The highest BCUT2D eigenvalue weighted by Crippen LogP contribution is 2.18. The lowest BCUT2D eigenvalue weighted by atomic mass is 10.3. The maximum atomic E-state index is 12.2. The van der Waals surface area contributed by atoms with Crippen molar-refractivity contribution in [1.29, 1.82) is 0 Å². The minimum atomic E-state index is -4.19. The van der Waals surface area contributed by atoms with Crippen LogP contribution in [0.25, 0.3) is 5.82 Å². The molecule has 9 heteroatoms. The number of nitrogens with one attached hydrogen (secondary N) is 2. The van der Waals surface area contributed by atoms with Gasteiger partial charge in [0.15, 0.2) is 11.8 Å². The molecule has 6 nitrogen and oxygen atoms in total. The molecule has 0 amide bonds. The molecular formula is C17H23F3N6. The third-order valence-electron chi connectivity index (χ3n) is 3.50. The standard InChI is InChI=1S/C17H23F3N6/c1-4-21-16(22-8-7-17(18,19)20)24-11-14-5-6-15(23-10-14)26-13(3)9-12(2)25-26/h5-6,9-10H,4,7-8,11H2,1-3H3,(H2,21,22,24). The van der Waals surface area contributed by atoms with Crippen molar-refractivity contribution in [3.05, 3.63) is 41.3 Å². The zero-order valence-electron chi connectivity index (χ0n) is 15.1. The lowest BCUT2D eigenvalue weighted by Gasteiger charge is -2.12. The number of guanidine groups is 1. The highest BCUT2D eigenvalue weighted by molar-refractivity contribution is 5.79. The highest BCUT2D eigenvalue weighted by atomic mass is 19.4. The molecule has 0 aliphatic carbocycles. The van der Waals surface area contributed by atoms with Crippen LogP contribution < -0.4 is 10.6 Å². The molecule has 142 valence electrons. The topological polar surface area (TPSA) is 67.1 Å². The molecule has 2 N–H and O–H groups in total. The van der Waals surface area contributed by atoms with E-state index in [0.717, 1.165) is 17.0 Å². The predicted octanol–water partition coefficient (Wildman–Crippen LogP) is 2.89. The average Bonchev–Trinajstić information content (AvgIpc) is 2.90. The minimum absolute atomic E-state index is 0.218. The van der Waals surface area contributed by atoms with Crippen molar-refractivity contribution in [3.63, 3.8) is 0 Å². The number of aliphatic imine (C=N–C) groups is 1. The summed E-state index contributed by atoms with van der Waals surface area (Å²) in [6, 6.07) is 5.69. The van der Waals surface area contributed by atoms with Gasteiger partial charge in [0.2, 0.25) is 0 Å². The molecule has 0 saturated carbocycles. The number of hydrogen-bond acceptors (Lipinski definition) is 3. The van der Waals surface area contributed by atoms with Gasteiger partial charge in [-0.05, 0) is 38.5 Å². The largest absolute Gasteiger partial charge is 0.390 e. The molecule has 2 aromatic heterocycles. The Kier molecular flexibility index (Phi) is 6.59. The Morgan fingerprint density at radius 1 is 1.23 bits per heavy atom. The van der Waals surface area contributed by atoms with Crippen LogP contribution in [0.5, 0.6) is 0 Å². The van der Waals surface area contributed by atoms with Crippen LogP contribution in [0.4, 0.5) is 13.2 Å². The van der Waals surface area contributed by atoms with E-state index in [-0.39, 0.29) is 6.54 Å². The summed E-state index contributed by atoms with van der Waals surface area (Å²) in [5, 5.41) is 9.98. The maximum Gasteiger partial charge on any atom is 0.390 e. The Bertz CT molecular complexity index is 734. The molecule has 0 aromatic carbocycles. The first-order valence-electron chi connectivity index (χ1n) is 8.36. The molecule has 26 heavy (non-hydrogen) atoms. The number of halogens is 3. The van der Waals surface area contributed by atoms with E-state index in [2.05, 4.69) is 25.7 Å². The monoisotopic (exact) mass is 368 g/mol. The van der Waals surface area contributed by atoms with E-state index >= 15 is 0 Å². The lowest BCUT2D eigenvalue weighted by molar-refractivity contribution is -0.132. The van der Waals surface area contributed by atoms with Gasteiger partial charge in [0, 0.05) is 25.0 Å². The first-order valence-corrected chi connectivity index (χ1v) is 8.36. The van der Waals surface area contributed by atoms with Crippen LogP contribution in [-0.4, -0.2) is 40.0 Å². The van der Waals surface area contributed by atoms with Gasteiger partial charge >= 0.3 is 6.18 Å². The van der Waals surface area contributed by atoms with Crippen LogP contribution >= 0.6 is 0 Å². The smallest absolute Gasteiger partial charge is 0.357 e. The third kappa shape index (κ3) is 6.05. The summed E-state index contributed by atoms with van der Waals surface area (Å²) < 4.78 is 38.5. The molecule has 2 heterocycles. The fourth-order valence-electron chi connectivity index (χ4n) is 2.33. The minimum Gasteiger partial charge on any atom is -0.357 e. The number of alkyl halides is 3. The van der Waals surface area contributed by atoms with Gasteiger partial charge < -0.3 is 10.6 Å². The molecule has 0 saturated heterocycles. The number of hydrogen-bond donors (Lipinski definition) is 2. The van der Waals surface area contributed by atoms with Gasteiger partial charge in [0.25, 0.3) is 0 Å². The molecule has 0 radical (unpaired) electrons. The van der Waals surface area contributed by atoms with Crippen molar-refractivity contribution < 1.29 is 13.2 Å². The number of nitrogens with zero attached hydrogens (tertiary/aromatic N) is 4. The second-order valence-corrected chi connectivity index (χ2v) is 5.85. The van der Waals surface area contributed by atoms with E-state index in [4.69, 9.17) is 0 Å². The van der Waals surface area contributed by atoms with Crippen LogP contribution in [0, 0.1) is 13.8 Å². The predicted molar refractivity (Wildman–Crippen MR) is 94.3 cm³/mol. The number of rotatable bonds is 6. The Hall–Kier alpha value is -2.58. The Balaban J connectivity index is 1.99. The number of aromatic nitrogens is 3. The van der Waals surface area contributed by atoms with Gasteiger partial charge in [-0.25, -0.2) is 14.7 Å². The molecular weight excluding hydrogens is 345 g/mol. The fraction of sp³-hybridized carbons (Fsp3) is 0.471. The van der Waals surface area contributed by atoms with E-state index < -0.39 is 12.6 Å². The number of pyridine rings is 1. The van der Waals surface area contributed by atoms with Crippen LogP contribution in [0.2, 0.25) is 0 Å². The van der Waals surface area contributed by atoms with Crippen molar-refractivity contribution in [2.24, 2.45) is 4.99 Å². The van der Waals surface area contributed by atoms with Crippen LogP contribution in [0.15, 0.2) is 29.4 Å².